The Balaban J connectivity index is 2.68. The minimum atomic E-state index is -0.261. The van der Waals surface area contributed by atoms with Crippen molar-refractivity contribution in [1.82, 2.24) is 0 Å². The van der Waals surface area contributed by atoms with Crippen molar-refractivity contribution in [2.45, 2.75) is 39.2 Å². The van der Waals surface area contributed by atoms with E-state index in [0.717, 1.165) is 31.1 Å². The molecule has 0 saturated carbocycles. The van der Waals surface area contributed by atoms with Gasteiger partial charge in [-0.15, -0.1) is 0 Å². The van der Waals surface area contributed by atoms with Crippen LogP contribution in [0, 0.1) is 11.8 Å². The van der Waals surface area contributed by atoms with Crippen LogP contribution in [-0.2, 0) is 4.79 Å². The number of carbonyl (C=O) groups is 1. The molecular formula is C11H18O2. The molecular weight excluding hydrogens is 164 g/mol. The van der Waals surface area contributed by atoms with Gasteiger partial charge in [0.25, 0.3) is 0 Å². The molecule has 0 aliphatic heterocycles. The summed E-state index contributed by atoms with van der Waals surface area (Å²) in [6.45, 7) is 4.08. The van der Waals surface area contributed by atoms with Crippen molar-refractivity contribution in [3.8, 4) is 0 Å². The summed E-state index contributed by atoms with van der Waals surface area (Å²) in [6.07, 6.45) is 5.39. The van der Waals surface area contributed by atoms with Crippen LogP contribution in [0.3, 0.4) is 0 Å². The molecule has 0 aromatic heterocycles. The molecule has 1 aliphatic carbocycles. The first-order valence-electron chi connectivity index (χ1n) is 5.03. The monoisotopic (exact) mass is 182 g/mol. The van der Waals surface area contributed by atoms with Gasteiger partial charge in [-0.05, 0) is 24.3 Å². The van der Waals surface area contributed by atoms with E-state index < -0.39 is 0 Å². The van der Waals surface area contributed by atoms with Crippen molar-refractivity contribution in [3.05, 3.63) is 11.6 Å². The minimum Gasteiger partial charge on any atom is -0.392 e. The predicted octanol–water partition coefficient (Wildman–Crippen LogP) is 1.93. The number of hydrogen-bond donors (Lipinski definition) is 1. The highest BCUT2D eigenvalue weighted by Crippen LogP contribution is 2.30. The van der Waals surface area contributed by atoms with E-state index in [4.69, 9.17) is 0 Å². The molecule has 0 aromatic rings. The second kappa shape index (κ2) is 4.56. The van der Waals surface area contributed by atoms with Crippen LogP contribution in [0.4, 0.5) is 0 Å². The Bertz CT molecular complexity index is 208. The van der Waals surface area contributed by atoms with Gasteiger partial charge >= 0.3 is 0 Å². The number of hydrogen-bond acceptors (Lipinski definition) is 2. The Labute approximate surface area is 79.6 Å². The van der Waals surface area contributed by atoms with Gasteiger partial charge in [0.05, 0.1) is 6.10 Å². The Hall–Kier alpha value is -0.630. The second-order valence-electron chi connectivity index (χ2n) is 3.96. The van der Waals surface area contributed by atoms with Crippen molar-refractivity contribution in [2.75, 3.05) is 0 Å². The zero-order valence-corrected chi connectivity index (χ0v) is 8.36. The first kappa shape index (κ1) is 10.5. The zero-order chi connectivity index (χ0) is 9.84. The number of allylic oxidation sites excluding steroid dienone is 1. The lowest BCUT2D eigenvalue weighted by molar-refractivity contribution is -0.105. The van der Waals surface area contributed by atoms with Crippen LogP contribution in [-0.4, -0.2) is 17.5 Å². The lowest BCUT2D eigenvalue weighted by atomic mass is 9.79. The molecule has 0 heterocycles. The van der Waals surface area contributed by atoms with E-state index >= 15 is 0 Å². The minimum absolute atomic E-state index is 0.130. The fourth-order valence-electron chi connectivity index (χ4n) is 2.09. The largest absolute Gasteiger partial charge is 0.392 e. The third-order valence-corrected chi connectivity index (χ3v) is 2.81. The molecule has 2 nitrogen and oxygen atoms in total. The second-order valence-corrected chi connectivity index (χ2v) is 3.96. The molecule has 74 valence electrons. The van der Waals surface area contributed by atoms with E-state index in [1.165, 1.54) is 0 Å². The van der Waals surface area contributed by atoms with Crippen molar-refractivity contribution in [2.24, 2.45) is 11.8 Å². The fourth-order valence-corrected chi connectivity index (χ4v) is 2.09. The van der Waals surface area contributed by atoms with Gasteiger partial charge in [0, 0.05) is 5.92 Å². The third-order valence-electron chi connectivity index (χ3n) is 2.81. The summed E-state index contributed by atoms with van der Waals surface area (Å²) in [7, 11) is 0. The van der Waals surface area contributed by atoms with Gasteiger partial charge < -0.3 is 5.11 Å². The van der Waals surface area contributed by atoms with Crippen molar-refractivity contribution in [3.63, 3.8) is 0 Å². The summed E-state index contributed by atoms with van der Waals surface area (Å²) in [4.78, 5) is 10.6. The van der Waals surface area contributed by atoms with Crippen LogP contribution in [0.25, 0.3) is 0 Å². The maximum Gasteiger partial charge on any atom is 0.145 e. The lowest BCUT2D eigenvalue weighted by Gasteiger charge is -2.30. The highest BCUT2D eigenvalue weighted by atomic mass is 16.3. The van der Waals surface area contributed by atoms with Crippen LogP contribution in [0.2, 0.25) is 0 Å². The molecule has 3 atom stereocenters. The molecule has 0 bridgehead atoms. The molecule has 1 N–H and O–H groups in total. The lowest BCUT2D eigenvalue weighted by Crippen LogP contribution is -2.30. The first-order valence-corrected chi connectivity index (χ1v) is 5.03. The van der Waals surface area contributed by atoms with Crippen LogP contribution in [0.1, 0.15) is 33.1 Å². The van der Waals surface area contributed by atoms with Crippen molar-refractivity contribution >= 4 is 6.29 Å². The molecule has 1 rings (SSSR count). The summed E-state index contributed by atoms with van der Waals surface area (Å²) in [6, 6.07) is 0. The predicted molar refractivity (Wildman–Crippen MR) is 52.3 cm³/mol. The van der Waals surface area contributed by atoms with Gasteiger partial charge in [0.2, 0.25) is 0 Å². The summed E-state index contributed by atoms with van der Waals surface area (Å²) in [5.74, 6) is 0.413. The van der Waals surface area contributed by atoms with Gasteiger partial charge in [-0.1, -0.05) is 26.3 Å². The number of carbonyl (C=O) groups excluding carboxylic acids is 1. The number of rotatable bonds is 3. The number of aliphatic hydroxyl groups is 1. The normalized spacial score (nSPS) is 34.1. The third kappa shape index (κ3) is 2.41. The van der Waals surface area contributed by atoms with E-state index in [1.807, 2.05) is 13.0 Å². The Morgan fingerprint density at radius 2 is 2.38 bits per heavy atom. The first-order chi connectivity index (χ1) is 6.19. The van der Waals surface area contributed by atoms with Crippen LogP contribution in [0.5, 0.6) is 0 Å². The molecule has 13 heavy (non-hydrogen) atoms. The summed E-state index contributed by atoms with van der Waals surface area (Å²) in [5, 5.41) is 9.82. The molecule has 1 aliphatic rings. The van der Waals surface area contributed by atoms with Crippen molar-refractivity contribution in [1.29, 1.82) is 0 Å². The Morgan fingerprint density at radius 1 is 1.69 bits per heavy atom. The molecule has 0 saturated heterocycles. The highest BCUT2D eigenvalue weighted by Gasteiger charge is 2.28. The van der Waals surface area contributed by atoms with Crippen LogP contribution < -0.4 is 0 Å². The molecule has 0 spiro atoms. The van der Waals surface area contributed by atoms with E-state index in [-0.39, 0.29) is 17.9 Å². The smallest absolute Gasteiger partial charge is 0.145 e. The van der Waals surface area contributed by atoms with Gasteiger partial charge in [-0.25, -0.2) is 0 Å². The van der Waals surface area contributed by atoms with E-state index in [9.17, 15) is 9.90 Å². The molecule has 0 fully saturated rings. The van der Waals surface area contributed by atoms with Crippen molar-refractivity contribution < 1.29 is 9.90 Å². The number of aliphatic hydroxyl groups excluding tert-OH is 1. The van der Waals surface area contributed by atoms with Gasteiger partial charge in [-0.2, -0.15) is 0 Å². The summed E-state index contributed by atoms with van der Waals surface area (Å²) < 4.78 is 0. The van der Waals surface area contributed by atoms with E-state index in [2.05, 4.69) is 6.92 Å². The molecule has 2 heteroatoms. The van der Waals surface area contributed by atoms with Crippen LogP contribution >= 0.6 is 0 Å². The standard InChI is InChI=1S/C11H18O2/c1-3-4-10-6-9(7-12)5-8(2)11(10)13/h5,7-8,10-11,13H,3-4,6H2,1-2H3/t8-,10+,11?/m0/s1. The summed E-state index contributed by atoms with van der Waals surface area (Å²) in [5.41, 5.74) is 0.858. The molecule has 0 radical (unpaired) electrons. The maximum atomic E-state index is 10.6. The van der Waals surface area contributed by atoms with Gasteiger partial charge in [0.15, 0.2) is 0 Å². The highest BCUT2D eigenvalue weighted by molar-refractivity contribution is 5.73. The number of aldehydes is 1. The van der Waals surface area contributed by atoms with Gasteiger partial charge in [0.1, 0.15) is 6.29 Å². The molecule has 0 amide bonds. The topological polar surface area (TPSA) is 37.3 Å². The Kier molecular flexibility index (Phi) is 3.67. The quantitative estimate of drug-likeness (QED) is 0.677. The maximum absolute atomic E-state index is 10.6. The SMILES string of the molecule is CCC[C@@H]1CC(C=O)=C[C@H](C)C1O. The van der Waals surface area contributed by atoms with Crippen LogP contribution in [0.15, 0.2) is 11.6 Å². The van der Waals surface area contributed by atoms with Gasteiger partial charge in [-0.3, -0.25) is 4.79 Å². The average molecular weight is 182 g/mol. The molecule has 0 aromatic carbocycles. The molecule has 1 unspecified atom stereocenters. The van der Waals surface area contributed by atoms with E-state index in [1.54, 1.807) is 0 Å². The average Bonchev–Trinajstić information content (AvgIpc) is 2.13. The Morgan fingerprint density at radius 3 is 2.92 bits per heavy atom. The zero-order valence-electron chi connectivity index (χ0n) is 8.36. The summed E-state index contributed by atoms with van der Waals surface area (Å²) >= 11 is 0. The fraction of sp³-hybridized carbons (Fsp3) is 0.727. The van der Waals surface area contributed by atoms with E-state index in [0.29, 0.717) is 0 Å².